The molecule has 148 valence electrons. The Labute approximate surface area is 167 Å². The third-order valence-electron chi connectivity index (χ3n) is 4.59. The first kappa shape index (κ1) is 20.1. The monoisotopic (exact) mass is 405 g/mol. The molecule has 1 fully saturated rings. The Bertz CT molecular complexity index is 898. The molecule has 28 heavy (non-hydrogen) atoms. The number of ether oxygens (including phenoxy) is 1. The maximum Gasteiger partial charge on any atom is 0.274 e. The summed E-state index contributed by atoms with van der Waals surface area (Å²) >= 11 is 6.13. The first-order valence-electron chi connectivity index (χ1n) is 9.04. The highest BCUT2D eigenvalue weighted by Gasteiger charge is 2.27. The van der Waals surface area contributed by atoms with Crippen LogP contribution in [-0.2, 0) is 0 Å². The lowest BCUT2D eigenvalue weighted by Crippen LogP contribution is -2.50. The van der Waals surface area contributed by atoms with Gasteiger partial charge < -0.3 is 14.5 Å². The second-order valence-corrected chi connectivity index (χ2v) is 6.87. The van der Waals surface area contributed by atoms with Crippen LogP contribution in [0.15, 0.2) is 30.3 Å². The summed E-state index contributed by atoms with van der Waals surface area (Å²) in [4.78, 5) is 32.8. The van der Waals surface area contributed by atoms with Gasteiger partial charge in [0.25, 0.3) is 11.8 Å². The van der Waals surface area contributed by atoms with Crippen molar-refractivity contribution in [3.05, 3.63) is 58.0 Å². The molecule has 0 aliphatic carbocycles. The van der Waals surface area contributed by atoms with Crippen LogP contribution in [-0.4, -0.2) is 59.4 Å². The lowest BCUT2D eigenvalue weighted by molar-refractivity contribution is 0.0531. The van der Waals surface area contributed by atoms with Crippen molar-refractivity contribution < 1.29 is 18.7 Å². The highest BCUT2D eigenvalue weighted by Crippen LogP contribution is 2.21. The van der Waals surface area contributed by atoms with E-state index in [1.54, 1.807) is 41.0 Å². The minimum absolute atomic E-state index is 0.132. The number of pyridine rings is 1. The van der Waals surface area contributed by atoms with Gasteiger partial charge >= 0.3 is 0 Å². The fraction of sp³-hybridized carbons (Fsp3) is 0.350. The van der Waals surface area contributed by atoms with Gasteiger partial charge in [-0.15, -0.1) is 0 Å². The lowest BCUT2D eigenvalue weighted by Gasteiger charge is -2.34. The fourth-order valence-corrected chi connectivity index (χ4v) is 3.16. The van der Waals surface area contributed by atoms with Crippen LogP contribution in [0.4, 0.5) is 4.39 Å². The van der Waals surface area contributed by atoms with Crippen LogP contribution in [0.2, 0.25) is 5.02 Å². The average Bonchev–Trinajstić information content (AvgIpc) is 2.71. The van der Waals surface area contributed by atoms with Crippen LogP contribution in [0.1, 0.15) is 33.3 Å². The van der Waals surface area contributed by atoms with Crippen LogP contribution in [0.3, 0.4) is 0 Å². The molecule has 1 aliphatic rings. The summed E-state index contributed by atoms with van der Waals surface area (Å²) in [5.41, 5.74) is 0.927. The number of carbonyl (C=O) groups excluding carboxylic acids is 2. The van der Waals surface area contributed by atoms with Crippen molar-refractivity contribution in [1.29, 1.82) is 0 Å². The predicted octanol–water partition coefficient (Wildman–Crippen LogP) is 3.18. The molecule has 0 saturated carbocycles. The van der Waals surface area contributed by atoms with Crippen LogP contribution in [0, 0.1) is 12.7 Å². The molecule has 1 aromatic carbocycles. The van der Waals surface area contributed by atoms with E-state index in [1.165, 1.54) is 6.07 Å². The topological polar surface area (TPSA) is 62.7 Å². The maximum atomic E-state index is 13.7. The number of aromatic nitrogens is 1. The van der Waals surface area contributed by atoms with Gasteiger partial charge in [-0.1, -0.05) is 17.7 Å². The molecule has 2 aromatic rings. The standard InChI is InChI=1S/C20H21ClFN3O3/c1-3-28-17-7-6-15(21)18(23-17)20(27)25-10-8-24(9-11-25)19(26)14-5-4-13(2)16(22)12-14/h4-7,12H,3,8-11H2,1-2H3. The third kappa shape index (κ3) is 4.25. The van der Waals surface area contributed by atoms with E-state index in [1.807, 2.05) is 6.92 Å². The maximum absolute atomic E-state index is 13.7. The molecule has 1 aliphatic heterocycles. The molecule has 2 amide bonds. The van der Waals surface area contributed by atoms with Gasteiger partial charge in [0.1, 0.15) is 5.82 Å². The van der Waals surface area contributed by atoms with E-state index < -0.39 is 5.82 Å². The van der Waals surface area contributed by atoms with Crippen molar-refractivity contribution >= 4 is 23.4 Å². The summed E-state index contributed by atoms with van der Waals surface area (Å²) in [5, 5.41) is 0.252. The number of piperazine rings is 1. The van der Waals surface area contributed by atoms with Gasteiger partial charge in [-0.3, -0.25) is 9.59 Å². The van der Waals surface area contributed by atoms with Crippen molar-refractivity contribution in [3.63, 3.8) is 0 Å². The number of nitrogens with zero attached hydrogens (tertiary/aromatic N) is 3. The number of carbonyl (C=O) groups is 2. The molecule has 3 rings (SSSR count). The Balaban J connectivity index is 1.66. The zero-order chi connectivity index (χ0) is 20.3. The fourth-order valence-electron chi connectivity index (χ4n) is 2.97. The molecule has 8 heteroatoms. The van der Waals surface area contributed by atoms with Crippen molar-refractivity contribution in [1.82, 2.24) is 14.8 Å². The van der Waals surface area contributed by atoms with Crippen molar-refractivity contribution in [3.8, 4) is 5.88 Å². The van der Waals surface area contributed by atoms with Crippen LogP contribution >= 0.6 is 11.6 Å². The normalized spacial score (nSPS) is 14.1. The molecule has 1 aromatic heterocycles. The summed E-state index contributed by atoms with van der Waals surface area (Å²) in [6, 6.07) is 7.64. The van der Waals surface area contributed by atoms with Crippen molar-refractivity contribution in [2.24, 2.45) is 0 Å². The Kier molecular flexibility index (Phi) is 6.14. The summed E-state index contributed by atoms with van der Waals surface area (Å²) < 4.78 is 19.1. The Morgan fingerprint density at radius 2 is 1.75 bits per heavy atom. The van der Waals surface area contributed by atoms with Gasteiger partial charge in [0.05, 0.1) is 11.6 Å². The number of halogens is 2. The minimum Gasteiger partial charge on any atom is -0.478 e. The quantitative estimate of drug-likeness (QED) is 0.783. The molecular weight excluding hydrogens is 385 g/mol. The van der Waals surface area contributed by atoms with E-state index >= 15 is 0 Å². The Hall–Kier alpha value is -2.67. The van der Waals surface area contributed by atoms with E-state index in [0.29, 0.717) is 49.8 Å². The number of aryl methyl sites for hydroxylation is 1. The Morgan fingerprint density at radius 1 is 1.11 bits per heavy atom. The molecule has 1 saturated heterocycles. The van der Waals surface area contributed by atoms with Crippen molar-refractivity contribution in [2.45, 2.75) is 13.8 Å². The number of amides is 2. The van der Waals surface area contributed by atoms with E-state index in [2.05, 4.69) is 4.98 Å². The van der Waals surface area contributed by atoms with Gasteiger partial charge in [0.15, 0.2) is 5.69 Å². The smallest absolute Gasteiger partial charge is 0.274 e. The second-order valence-electron chi connectivity index (χ2n) is 6.46. The first-order valence-corrected chi connectivity index (χ1v) is 9.42. The van der Waals surface area contributed by atoms with Gasteiger partial charge in [0.2, 0.25) is 5.88 Å². The van der Waals surface area contributed by atoms with Crippen LogP contribution < -0.4 is 4.74 Å². The number of benzene rings is 1. The molecule has 0 atom stereocenters. The number of hydrogen-bond donors (Lipinski definition) is 0. The van der Waals surface area contributed by atoms with E-state index in [9.17, 15) is 14.0 Å². The highest BCUT2D eigenvalue weighted by molar-refractivity contribution is 6.33. The van der Waals surface area contributed by atoms with Gasteiger partial charge in [-0.25, -0.2) is 9.37 Å². The van der Waals surface area contributed by atoms with E-state index in [0.717, 1.165) is 0 Å². The first-order chi connectivity index (χ1) is 13.4. The molecule has 0 unspecified atom stereocenters. The molecule has 0 radical (unpaired) electrons. The summed E-state index contributed by atoms with van der Waals surface area (Å²) in [6.07, 6.45) is 0. The van der Waals surface area contributed by atoms with E-state index in [-0.39, 0.29) is 22.5 Å². The van der Waals surface area contributed by atoms with Crippen molar-refractivity contribution in [2.75, 3.05) is 32.8 Å². The Morgan fingerprint density at radius 3 is 2.36 bits per heavy atom. The molecule has 6 nitrogen and oxygen atoms in total. The zero-order valence-corrected chi connectivity index (χ0v) is 16.5. The largest absolute Gasteiger partial charge is 0.478 e. The summed E-state index contributed by atoms with van der Waals surface area (Å²) in [6.45, 7) is 5.29. The van der Waals surface area contributed by atoms with Crippen LogP contribution in [0.5, 0.6) is 5.88 Å². The second kappa shape index (κ2) is 8.56. The van der Waals surface area contributed by atoms with Gasteiger partial charge in [-0.2, -0.15) is 0 Å². The number of rotatable bonds is 4. The lowest BCUT2D eigenvalue weighted by atomic mass is 10.1. The van der Waals surface area contributed by atoms with Crippen LogP contribution in [0.25, 0.3) is 0 Å². The number of hydrogen-bond acceptors (Lipinski definition) is 4. The molecule has 0 bridgehead atoms. The minimum atomic E-state index is -0.408. The summed E-state index contributed by atoms with van der Waals surface area (Å²) in [5.74, 6) is -0.624. The van der Waals surface area contributed by atoms with Gasteiger partial charge in [-0.05, 0) is 37.6 Å². The average molecular weight is 406 g/mol. The predicted molar refractivity (Wildman–Crippen MR) is 103 cm³/mol. The zero-order valence-electron chi connectivity index (χ0n) is 15.7. The third-order valence-corrected chi connectivity index (χ3v) is 4.89. The molecule has 0 spiro atoms. The summed E-state index contributed by atoms with van der Waals surface area (Å²) in [7, 11) is 0. The van der Waals surface area contributed by atoms with E-state index in [4.69, 9.17) is 16.3 Å². The molecular formula is C20H21ClFN3O3. The highest BCUT2D eigenvalue weighted by atomic mass is 35.5. The SMILES string of the molecule is CCOc1ccc(Cl)c(C(=O)N2CCN(C(=O)c3ccc(C)c(F)c3)CC2)n1. The molecule has 0 N–H and O–H groups in total. The molecule has 2 heterocycles. The van der Waals surface area contributed by atoms with Gasteiger partial charge in [0, 0.05) is 37.8 Å².